The summed E-state index contributed by atoms with van der Waals surface area (Å²) in [6, 6.07) is 0. The molecule has 1 rings (SSSR count). The molecule has 1 saturated heterocycles. The van der Waals surface area contributed by atoms with Gasteiger partial charge in [-0.1, -0.05) is 40.2 Å². The fourth-order valence-corrected chi connectivity index (χ4v) is 1.98. The molecule has 276 valence electrons. The first kappa shape index (κ1) is 53.0. The predicted molar refractivity (Wildman–Crippen MR) is 169 cm³/mol. The minimum absolute atomic E-state index is 0.156. The number of carboxylic acids is 3. The summed E-state index contributed by atoms with van der Waals surface area (Å²) >= 11 is 0. The Morgan fingerprint density at radius 3 is 1.17 bits per heavy atom. The third kappa shape index (κ3) is 30.9. The number of ether oxygens (including phenoxy) is 3. The van der Waals surface area contributed by atoms with E-state index in [9.17, 15) is 19.2 Å². The van der Waals surface area contributed by atoms with Gasteiger partial charge in [-0.25, -0.2) is 19.2 Å². The Labute approximate surface area is 275 Å². The number of aliphatic hydroxyl groups excluding tert-OH is 7. The Hall–Kier alpha value is -3.52. The van der Waals surface area contributed by atoms with Crippen LogP contribution in [-0.4, -0.2) is 146 Å². The SMILES string of the molecule is C=CC(=O)O.C=CC(=O)O.C=CC(=O)O.C=CC(=O)OCC1COC(C)(CC)O1.CCC(CO)(CO)CO.OCC(CO)(CO)CO. The Balaban J connectivity index is -0.000000158. The zero-order chi connectivity index (χ0) is 38.1. The van der Waals surface area contributed by atoms with Crippen LogP contribution in [0, 0.1) is 10.8 Å². The quantitative estimate of drug-likeness (QED) is 0.0754. The summed E-state index contributed by atoms with van der Waals surface area (Å²) in [4.78, 5) is 38.5. The lowest BCUT2D eigenvalue weighted by atomic mass is 9.88. The van der Waals surface area contributed by atoms with Crippen molar-refractivity contribution < 1.29 is 84.5 Å². The third-order valence-corrected chi connectivity index (χ3v) is 5.83. The first-order valence-corrected chi connectivity index (χ1v) is 13.8. The molecule has 10 N–H and O–H groups in total. The molecule has 47 heavy (non-hydrogen) atoms. The fourth-order valence-electron chi connectivity index (χ4n) is 1.98. The molecule has 2 atom stereocenters. The molecule has 0 saturated carbocycles. The molecule has 0 aromatic rings. The number of esters is 1. The number of aliphatic hydroxyl groups is 7. The van der Waals surface area contributed by atoms with E-state index in [-0.39, 0.29) is 32.5 Å². The van der Waals surface area contributed by atoms with E-state index in [1.807, 2.05) is 20.8 Å². The molecule has 0 amide bonds. The summed E-state index contributed by atoms with van der Waals surface area (Å²) < 4.78 is 15.8. The van der Waals surface area contributed by atoms with E-state index in [2.05, 4.69) is 26.3 Å². The third-order valence-electron chi connectivity index (χ3n) is 5.83. The molecule has 0 aliphatic carbocycles. The van der Waals surface area contributed by atoms with E-state index in [1.54, 1.807) is 0 Å². The van der Waals surface area contributed by atoms with Gasteiger partial charge in [0.15, 0.2) is 5.79 Å². The molecule has 17 heteroatoms. The van der Waals surface area contributed by atoms with E-state index < -0.39 is 66.9 Å². The lowest BCUT2D eigenvalue weighted by molar-refractivity contribution is -0.165. The van der Waals surface area contributed by atoms with Gasteiger partial charge < -0.3 is 65.3 Å². The van der Waals surface area contributed by atoms with E-state index >= 15 is 0 Å². The summed E-state index contributed by atoms with van der Waals surface area (Å²) in [6.45, 7) is 16.5. The zero-order valence-electron chi connectivity index (χ0n) is 27.3. The van der Waals surface area contributed by atoms with Crippen molar-refractivity contribution in [3.8, 4) is 0 Å². The van der Waals surface area contributed by atoms with Crippen molar-refractivity contribution in [1.82, 2.24) is 0 Å². The topological polar surface area (TPSA) is 298 Å². The van der Waals surface area contributed by atoms with Gasteiger partial charge in [0.1, 0.15) is 12.7 Å². The molecular weight excluding hydrogens is 632 g/mol. The van der Waals surface area contributed by atoms with E-state index in [0.29, 0.717) is 13.0 Å². The molecule has 1 aliphatic rings. The maximum absolute atomic E-state index is 10.8. The van der Waals surface area contributed by atoms with Gasteiger partial charge in [-0.15, -0.1) is 0 Å². The van der Waals surface area contributed by atoms with Crippen LogP contribution in [0.4, 0.5) is 0 Å². The van der Waals surface area contributed by atoms with Crippen molar-refractivity contribution in [3.63, 3.8) is 0 Å². The highest BCUT2D eigenvalue weighted by Crippen LogP contribution is 2.26. The highest BCUT2D eigenvalue weighted by atomic mass is 16.7. The Bertz CT molecular complexity index is 784. The minimum atomic E-state index is -1.11. The predicted octanol–water partition coefficient (Wildman–Crippen LogP) is -0.670. The van der Waals surface area contributed by atoms with Gasteiger partial charge in [-0.2, -0.15) is 0 Å². The number of carbonyl (C=O) groups is 4. The number of hydrogen-bond donors (Lipinski definition) is 10. The Kier molecular flexibility index (Phi) is 36.6. The van der Waals surface area contributed by atoms with Crippen molar-refractivity contribution in [3.05, 3.63) is 50.6 Å². The van der Waals surface area contributed by atoms with Crippen LogP contribution < -0.4 is 0 Å². The summed E-state index contributed by atoms with van der Waals surface area (Å²) in [5.74, 6) is -3.90. The van der Waals surface area contributed by atoms with Gasteiger partial charge in [0, 0.05) is 29.7 Å². The normalized spacial score (nSPS) is 16.0. The van der Waals surface area contributed by atoms with Crippen molar-refractivity contribution in [2.45, 2.75) is 45.5 Å². The second kappa shape index (κ2) is 32.4. The molecular formula is C30H54O17. The number of hydrogen-bond acceptors (Lipinski definition) is 14. The van der Waals surface area contributed by atoms with Gasteiger partial charge in [-0.05, 0) is 19.8 Å². The first-order valence-electron chi connectivity index (χ1n) is 13.8. The largest absolute Gasteiger partial charge is 0.478 e. The summed E-state index contributed by atoms with van der Waals surface area (Å²) in [6.07, 6.45) is 4.84. The summed E-state index contributed by atoms with van der Waals surface area (Å²) in [7, 11) is 0. The van der Waals surface area contributed by atoms with Gasteiger partial charge in [0.25, 0.3) is 0 Å². The number of carboxylic acid groups (broad SMARTS) is 3. The second-order valence-corrected chi connectivity index (χ2v) is 9.46. The second-order valence-electron chi connectivity index (χ2n) is 9.46. The van der Waals surface area contributed by atoms with Crippen LogP contribution in [0.2, 0.25) is 0 Å². The molecule has 1 aliphatic heterocycles. The molecule has 0 bridgehead atoms. The number of aliphatic carboxylic acids is 3. The molecule has 0 aromatic carbocycles. The smallest absolute Gasteiger partial charge is 0.330 e. The van der Waals surface area contributed by atoms with Crippen LogP contribution in [0.5, 0.6) is 0 Å². The lowest BCUT2D eigenvalue weighted by Crippen LogP contribution is -2.37. The average molecular weight is 687 g/mol. The van der Waals surface area contributed by atoms with Crippen molar-refractivity contribution in [2.24, 2.45) is 10.8 Å². The maximum atomic E-state index is 10.8. The highest BCUT2D eigenvalue weighted by Gasteiger charge is 2.36. The molecule has 0 radical (unpaired) electrons. The standard InChI is InChI=1S/C10H16O4.C6H14O3.C5H12O4.3C3H4O2/c1-4-9(11)12-6-8-7-13-10(3,5-2)14-8;1-2-6(3-7,4-8)5-9;6-1-5(2-7,3-8)4-9;3*1-2-3(4)5/h4,8H,1,5-7H2,2-3H3;7-9H,2-5H2,1H3;6-9H,1-4H2;3*2H,1H2,(H,4,5). The summed E-state index contributed by atoms with van der Waals surface area (Å²) in [5, 5.41) is 82.8. The first-order chi connectivity index (χ1) is 21.9. The Morgan fingerprint density at radius 2 is 1.02 bits per heavy atom. The van der Waals surface area contributed by atoms with Crippen LogP contribution in [0.1, 0.15) is 33.6 Å². The lowest BCUT2D eigenvalue weighted by Gasteiger charge is -2.24. The molecule has 2 unspecified atom stereocenters. The van der Waals surface area contributed by atoms with E-state index in [1.165, 1.54) is 0 Å². The van der Waals surface area contributed by atoms with E-state index in [4.69, 9.17) is 65.3 Å². The van der Waals surface area contributed by atoms with Gasteiger partial charge in [-0.3, -0.25) is 0 Å². The van der Waals surface area contributed by atoms with Gasteiger partial charge in [0.05, 0.1) is 58.3 Å². The van der Waals surface area contributed by atoms with Crippen molar-refractivity contribution in [1.29, 1.82) is 0 Å². The van der Waals surface area contributed by atoms with Crippen LogP contribution >= 0.6 is 0 Å². The van der Waals surface area contributed by atoms with Gasteiger partial charge in [0.2, 0.25) is 0 Å². The number of rotatable bonds is 15. The molecule has 0 aromatic heterocycles. The van der Waals surface area contributed by atoms with E-state index in [0.717, 1.165) is 30.7 Å². The van der Waals surface area contributed by atoms with Crippen LogP contribution in [-0.2, 0) is 33.4 Å². The summed E-state index contributed by atoms with van der Waals surface area (Å²) in [5.41, 5.74) is -1.78. The Morgan fingerprint density at radius 1 is 0.702 bits per heavy atom. The molecule has 17 nitrogen and oxygen atoms in total. The van der Waals surface area contributed by atoms with Gasteiger partial charge >= 0.3 is 23.9 Å². The number of carbonyl (C=O) groups excluding carboxylic acids is 1. The van der Waals surface area contributed by atoms with Crippen LogP contribution in [0.25, 0.3) is 0 Å². The van der Waals surface area contributed by atoms with Crippen molar-refractivity contribution in [2.75, 3.05) is 59.5 Å². The highest BCUT2D eigenvalue weighted by molar-refractivity contribution is 5.81. The van der Waals surface area contributed by atoms with Crippen LogP contribution in [0.3, 0.4) is 0 Å². The molecule has 1 heterocycles. The molecule has 1 fully saturated rings. The maximum Gasteiger partial charge on any atom is 0.330 e. The monoisotopic (exact) mass is 686 g/mol. The minimum Gasteiger partial charge on any atom is -0.478 e. The zero-order valence-corrected chi connectivity index (χ0v) is 27.3. The van der Waals surface area contributed by atoms with Crippen LogP contribution in [0.15, 0.2) is 50.6 Å². The van der Waals surface area contributed by atoms with Crippen molar-refractivity contribution >= 4 is 23.9 Å². The fraction of sp³-hybridized carbons (Fsp3) is 0.600. The average Bonchev–Trinajstić information content (AvgIpc) is 3.48. The molecule has 0 spiro atoms.